The van der Waals surface area contributed by atoms with Gasteiger partial charge < -0.3 is 4.74 Å². The average Bonchev–Trinajstić information content (AvgIpc) is 2.47. The van der Waals surface area contributed by atoms with E-state index in [1.165, 1.54) is 12.1 Å². The number of hydrogen-bond donors (Lipinski definition) is 2. The van der Waals surface area contributed by atoms with Crippen molar-refractivity contribution in [1.82, 2.24) is 5.43 Å². The van der Waals surface area contributed by atoms with Gasteiger partial charge in [-0.2, -0.15) is 0 Å². The van der Waals surface area contributed by atoms with Crippen LogP contribution in [0.5, 0.6) is 5.75 Å². The lowest BCUT2D eigenvalue weighted by atomic mass is 10.0. The third-order valence-electron chi connectivity index (χ3n) is 3.15. The number of halogens is 1. The van der Waals surface area contributed by atoms with Gasteiger partial charge in [0, 0.05) is 0 Å². The molecule has 5 heteroatoms. The molecule has 21 heavy (non-hydrogen) atoms. The highest BCUT2D eigenvalue weighted by atomic mass is 19.1. The summed E-state index contributed by atoms with van der Waals surface area (Å²) < 4.78 is 18.7. The normalized spacial score (nSPS) is 10.2. The first kappa shape index (κ1) is 15.0. The van der Waals surface area contributed by atoms with Crippen LogP contribution in [0.3, 0.4) is 0 Å². The number of carbonyl (C=O) groups excluding carboxylic acids is 1. The maximum atomic E-state index is 13.0. The van der Waals surface area contributed by atoms with Crippen LogP contribution >= 0.6 is 0 Å². The van der Waals surface area contributed by atoms with E-state index in [0.29, 0.717) is 12.4 Å². The molecule has 0 saturated heterocycles. The second kappa shape index (κ2) is 6.85. The summed E-state index contributed by atoms with van der Waals surface area (Å²) in [7, 11) is 0. The SMILES string of the molecule is Cc1cc(F)ccc1OCc1ccccc1CC(=O)NN. The van der Waals surface area contributed by atoms with Gasteiger partial charge in [0.25, 0.3) is 0 Å². The molecular weight excluding hydrogens is 271 g/mol. The highest BCUT2D eigenvalue weighted by molar-refractivity contribution is 5.78. The van der Waals surface area contributed by atoms with Crippen LogP contribution in [0.15, 0.2) is 42.5 Å². The zero-order valence-electron chi connectivity index (χ0n) is 11.7. The van der Waals surface area contributed by atoms with E-state index in [1.54, 1.807) is 13.0 Å². The minimum Gasteiger partial charge on any atom is -0.489 e. The fourth-order valence-corrected chi connectivity index (χ4v) is 2.03. The van der Waals surface area contributed by atoms with Crippen molar-refractivity contribution >= 4 is 5.91 Å². The molecule has 2 aromatic rings. The predicted octanol–water partition coefficient (Wildman–Crippen LogP) is 2.25. The largest absolute Gasteiger partial charge is 0.489 e. The molecule has 0 aliphatic rings. The van der Waals surface area contributed by atoms with Crippen molar-refractivity contribution in [2.75, 3.05) is 0 Å². The Morgan fingerprint density at radius 3 is 2.62 bits per heavy atom. The summed E-state index contributed by atoms with van der Waals surface area (Å²) >= 11 is 0. The predicted molar refractivity (Wildman–Crippen MR) is 77.9 cm³/mol. The Hall–Kier alpha value is -2.40. The highest BCUT2D eigenvalue weighted by Crippen LogP contribution is 2.20. The van der Waals surface area contributed by atoms with Crippen LogP contribution in [-0.4, -0.2) is 5.91 Å². The number of carbonyl (C=O) groups is 1. The first-order valence-corrected chi connectivity index (χ1v) is 6.55. The minimum absolute atomic E-state index is 0.193. The van der Waals surface area contributed by atoms with E-state index in [-0.39, 0.29) is 18.1 Å². The van der Waals surface area contributed by atoms with E-state index < -0.39 is 0 Å². The van der Waals surface area contributed by atoms with E-state index in [4.69, 9.17) is 10.6 Å². The summed E-state index contributed by atoms with van der Waals surface area (Å²) in [4.78, 5) is 11.4. The maximum Gasteiger partial charge on any atom is 0.238 e. The second-order valence-corrected chi connectivity index (χ2v) is 4.71. The van der Waals surface area contributed by atoms with Crippen LogP contribution in [0.2, 0.25) is 0 Å². The van der Waals surface area contributed by atoms with E-state index in [0.717, 1.165) is 16.7 Å². The second-order valence-electron chi connectivity index (χ2n) is 4.71. The van der Waals surface area contributed by atoms with E-state index >= 15 is 0 Å². The molecule has 0 unspecified atom stereocenters. The molecule has 0 spiro atoms. The summed E-state index contributed by atoms with van der Waals surface area (Å²) in [6.45, 7) is 2.09. The third-order valence-corrected chi connectivity index (χ3v) is 3.15. The van der Waals surface area contributed by atoms with Crippen LogP contribution in [0.4, 0.5) is 4.39 Å². The van der Waals surface area contributed by atoms with Crippen molar-refractivity contribution in [3.05, 3.63) is 65.0 Å². The monoisotopic (exact) mass is 288 g/mol. The topological polar surface area (TPSA) is 64.3 Å². The summed E-state index contributed by atoms with van der Waals surface area (Å²) in [6.07, 6.45) is 0.193. The molecule has 0 aliphatic carbocycles. The van der Waals surface area contributed by atoms with E-state index in [9.17, 15) is 9.18 Å². The molecule has 0 bridgehead atoms. The number of ether oxygens (including phenoxy) is 1. The zero-order chi connectivity index (χ0) is 15.2. The number of nitrogens with two attached hydrogens (primary N) is 1. The van der Waals surface area contributed by atoms with Crippen molar-refractivity contribution in [3.63, 3.8) is 0 Å². The lowest BCUT2D eigenvalue weighted by Gasteiger charge is -2.12. The van der Waals surface area contributed by atoms with E-state index in [1.807, 2.05) is 24.3 Å². The van der Waals surface area contributed by atoms with Gasteiger partial charge in [0.15, 0.2) is 0 Å². The van der Waals surface area contributed by atoms with Gasteiger partial charge in [0.2, 0.25) is 5.91 Å². The summed E-state index contributed by atoms with van der Waals surface area (Å²) in [5.74, 6) is 5.17. The number of hydrazine groups is 1. The van der Waals surface area contributed by atoms with Gasteiger partial charge in [-0.3, -0.25) is 10.2 Å². The molecule has 1 amide bonds. The molecule has 4 nitrogen and oxygen atoms in total. The van der Waals surface area contributed by atoms with Crippen LogP contribution < -0.4 is 16.0 Å². The van der Waals surface area contributed by atoms with Gasteiger partial charge in [-0.25, -0.2) is 10.2 Å². The Morgan fingerprint density at radius 2 is 1.95 bits per heavy atom. The van der Waals surface area contributed by atoms with Crippen molar-refractivity contribution < 1.29 is 13.9 Å². The molecular formula is C16H17FN2O2. The first-order valence-electron chi connectivity index (χ1n) is 6.55. The molecule has 0 fully saturated rings. The lowest BCUT2D eigenvalue weighted by Crippen LogP contribution is -2.31. The molecule has 2 aromatic carbocycles. The Bertz CT molecular complexity index is 644. The van der Waals surface area contributed by atoms with Gasteiger partial charge >= 0.3 is 0 Å². The van der Waals surface area contributed by atoms with Gasteiger partial charge in [0.05, 0.1) is 6.42 Å². The number of hydrogen-bond acceptors (Lipinski definition) is 3. The molecule has 3 N–H and O–H groups in total. The molecule has 0 radical (unpaired) electrons. The molecule has 0 saturated carbocycles. The zero-order valence-corrected chi connectivity index (χ0v) is 11.7. The highest BCUT2D eigenvalue weighted by Gasteiger charge is 2.08. The van der Waals surface area contributed by atoms with Crippen molar-refractivity contribution in [1.29, 1.82) is 0 Å². The van der Waals surface area contributed by atoms with Crippen LogP contribution in [0, 0.1) is 12.7 Å². The molecule has 2 rings (SSSR count). The van der Waals surface area contributed by atoms with Crippen LogP contribution in [0.1, 0.15) is 16.7 Å². The Kier molecular flexibility index (Phi) is 4.90. The lowest BCUT2D eigenvalue weighted by molar-refractivity contribution is -0.120. The Balaban J connectivity index is 2.11. The molecule has 0 heterocycles. The van der Waals surface area contributed by atoms with Crippen molar-refractivity contribution in [2.45, 2.75) is 20.0 Å². The fraction of sp³-hybridized carbons (Fsp3) is 0.188. The first-order chi connectivity index (χ1) is 10.1. The Labute approximate surface area is 122 Å². The number of amides is 1. The molecule has 0 atom stereocenters. The summed E-state index contributed by atoms with van der Waals surface area (Å²) in [5.41, 5.74) is 4.58. The number of rotatable bonds is 5. The Morgan fingerprint density at radius 1 is 1.24 bits per heavy atom. The summed E-state index contributed by atoms with van der Waals surface area (Å²) in [5, 5.41) is 0. The van der Waals surface area contributed by atoms with Crippen molar-refractivity contribution in [2.24, 2.45) is 5.84 Å². The van der Waals surface area contributed by atoms with Crippen molar-refractivity contribution in [3.8, 4) is 5.75 Å². The average molecular weight is 288 g/mol. The van der Waals surface area contributed by atoms with Gasteiger partial charge in [0.1, 0.15) is 18.2 Å². The molecule has 0 aliphatic heterocycles. The number of nitrogens with one attached hydrogen (secondary N) is 1. The van der Waals surface area contributed by atoms with Crippen LogP contribution in [-0.2, 0) is 17.8 Å². The van der Waals surface area contributed by atoms with Gasteiger partial charge in [-0.1, -0.05) is 24.3 Å². The fourth-order valence-electron chi connectivity index (χ4n) is 2.03. The smallest absolute Gasteiger partial charge is 0.238 e. The minimum atomic E-state index is -0.292. The molecule has 110 valence electrons. The third kappa shape index (κ3) is 4.03. The van der Waals surface area contributed by atoms with Gasteiger partial charge in [-0.15, -0.1) is 0 Å². The number of benzene rings is 2. The quantitative estimate of drug-likeness (QED) is 0.504. The van der Waals surface area contributed by atoms with Crippen LogP contribution in [0.25, 0.3) is 0 Å². The van der Waals surface area contributed by atoms with Gasteiger partial charge in [-0.05, 0) is 41.8 Å². The number of aryl methyl sites for hydroxylation is 1. The summed E-state index contributed by atoms with van der Waals surface area (Å²) in [6, 6.07) is 11.8. The van der Waals surface area contributed by atoms with E-state index in [2.05, 4.69) is 5.43 Å². The molecule has 0 aromatic heterocycles. The standard InChI is InChI=1S/C16H17FN2O2/c1-11-8-14(17)6-7-15(11)21-10-13-5-3-2-4-12(13)9-16(20)19-18/h2-8H,9-10,18H2,1H3,(H,19,20). The maximum absolute atomic E-state index is 13.0.